The predicted octanol–water partition coefficient (Wildman–Crippen LogP) is 14.9. The Morgan fingerprint density at radius 1 is 0.419 bits per heavy atom. The number of aliphatic hydroxyl groups excluding tert-OH is 1. The number of ether oxygens (including phenoxy) is 3. The van der Waals surface area contributed by atoms with Crippen LogP contribution in [-0.4, -0.2) is 235 Å². The summed E-state index contributed by atoms with van der Waals surface area (Å²) in [6.07, 6.45) is 8.13. The van der Waals surface area contributed by atoms with Gasteiger partial charge in [0.2, 0.25) is 17.7 Å². The Morgan fingerprint density at radius 2 is 0.736 bits per heavy atom. The van der Waals surface area contributed by atoms with E-state index in [2.05, 4.69) is 40.0 Å². The highest BCUT2D eigenvalue weighted by atomic mass is 19.2. The van der Waals surface area contributed by atoms with Crippen molar-refractivity contribution in [3.8, 4) is 67.7 Å². The SMILES string of the molecule is C=CC(=O)N1CC2C(C(=O)OC)N(C)c3c(c4cc(F)c(-c5c(O)cccc5F)c(F)c4n(-c4c(C)ccnc4C(C)C)c3=O)N2CC1C.C=CC(=O)N1CC2C(C(=O)OC)N(CCO)c3c(c4cc(F)c(-c5c(O)cccc5F)c(F)c4n(-c4c(C)ccnc4C(C)C)c3=O)N2CC1C.C=CC(=O)N1CC2C(C(=O)OC)Nc3c(c4cc(F)c(-c5c(O)cccc5F)c(F)c4n(-c4c(C)ccnc4C(C)C)c3=O)N2CC1C. The smallest absolute Gasteiger partial charge is 0.330 e. The van der Waals surface area contributed by atoms with Crippen LogP contribution in [-0.2, 0) is 43.0 Å². The van der Waals surface area contributed by atoms with E-state index in [4.69, 9.17) is 14.2 Å². The number of likely N-dealkylation sites (N-methyl/N-ethyl adjacent to an activating group) is 1. The van der Waals surface area contributed by atoms with Gasteiger partial charge in [-0.2, -0.15) is 0 Å². The maximum atomic E-state index is 17.4. The molecule has 6 aliphatic rings. The Balaban J connectivity index is 0.000000158. The summed E-state index contributed by atoms with van der Waals surface area (Å²) in [5.74, 6) is -17.0. The molecule has 3 amide bonds. The number of carbonyl (C=O) groups excluding carboxylic acids is 6. The number of methoxy groups -OCH3 is 3. The molecule has 31 nitrogen and oxygen atoms in total. The summed E-state index contributed by atoms with van der Waals surface area (Å²) in [4.78, 5) is 150. The average molecular weight is 2040 g/mol. The van der Waals surface area contributed by atoms with Gasteiger partial charge in [0.25, 0.3) is 16.7 Å². The Morgan fingerprint density at radius 3 is 1.07 bits per heavy atom. The van der Waals surface area contributed by atoms with Gasteiger partial charge in [-0.15, -0.1) is 0 Å². The number of aromatic nitrogens is 6. The number of piperazine rings is 3. The Hall–Kier alpha value is -16.0. The zero-order chi connectivity index (χ0) is 107. The summed E-state index contributed by atoms with van der Waals surface area (Å²) in [6.45, 7) is 31.6. The van der Waals surface area contributed by atoms with Crippen molar-refractivity contribution in [2.75, 3.05) is 111 Å². The molecule has 40 heteroatoms. The number of amides is 3. The van der Waals surface area contributed by atoms with Crippen LogP contribution in [0.4, 0.5) is 73.6 Å². The molecule has 9 unspecified atom stereocenters. The minimum Gasteiger partial charge on any atom is -0.507 e. The second kappa shape index (κ2) is 40.8. The maximum Gasteiger partial charge on any atom is 0.330 e. The van der Waals surface area contributed by atoms with Crippen molar-refractivity contribution in [2.45, 2.75) is 155 Å². The Labute approximate surface area is 842 Å². The predicted molar refractivity (Wildman–Crippen MR) is 541 cm³/mol. The first-order chi connectivity index (χ1) is 70.3. The number of phenolic OH excluding ortho intramolecular Hbond substituents is 3. The number of rotatable bonds is 17. The van der Waals surface area contributed by atoms with Crippen molar-refractivity contribution in [3.05, 3.63) is 265 Å². The number of carbonyl (C=O) groups is 6. The molecule has 6 aliphatic heterocycles. The van der Waals surface area contributed by atoms with Crippen molar-refractivity contribution >= 4 is 102 Å². The van der Waals surface area contributed by atoms with Crippen LogP contribution in [0.5, 0.6) is 17.2 Å². The summed E-state index contributed by atoms with van der Waals surface area (Å²) >= 11 is 0. The van der Waals surface area contributed by atoms with E-state index in [0.717, 1.165) is 80.5 Å². The number of aromatic hydroxyl groups is 3. The van der Waals surface area contributed by atoms with E-state index in [0.29, 0.717) is 33.8 Å². The molecule has 0 radical (unpaired) electrons. The van der Waals surface area contributed by atoms with Gasteiger partial charge in [-0.1, -0.05) is 79.5 Å². The van der Waals surface area contributed by atoms with Gasteiger partial charge in [-0.25, -0.2) is 53.9 Å². The zero-order valence-corrected chi connectivity index (χ0v) is 83.7. The number of pyridine rings is 6. The lowest BCUT2D eigenvalue weighted by molar-refractivity contribution is -0.144. The van der Waals surface area contributed by atoms with Crippen molar-refractivity contribution < 1.29 is 103 Å². The molecule has 9 atom stereocenters. The minimum atomic E-state index is -1.32. The number of nitrogens with zero attached hydrogens (tertiary/aromatic N) is 14. The Kier molecular flexibility index (Phi) is 28.9. The molecule has 774 valence electrons. The summed E-state index contributed by atoms with van der Waals surface area (Å²) in [7, 11) is 5.10. The fourth-order valence-electron chi connectivity index (χ4n) is 21.8. The molecular weight excluding hydrogens is 1930 g/mol. The van der Waals surface area contributed by atoms with Crippen molar-refractivity contribution in [1.29, 1.82) is 0 Å². The van der Waals surface area contributed by atoms with E-state index < -0.39 is 210 Å². The lowest BCUT2D eigenvalue weighted by Crippen LogP contribution is -2.70. The molecule has 3 saturated heterocycles. The number of hydrogen-bond acceptors (Lipinski definition) is 25. The quantitative estimate of drug-likeness (QED) is 0.0245. The van der Waals surface area contributed by atoms with Gasteiger partial charge < -0.3 is 79.2 Å². The first-order valence-corrected chi connectivity index (χ1v) is 47.7. The van der Waals surface area contributed by atoms with Crippen LogP contribution < -0.4 is 46.5 Å². The van der Waals surface area contributed by atoms with Crippen LogP contribution in [0, 0.1) is 73.1 Å². The number of esters is 3. The van der Waals surface area contributed by atoms with Crippen molar-refractivity contribution in [2.24, 2.45) is 0 Å². The number of phenols is 3. The standard InChI is InChI=1S/C37H38F3N5O6.C36H36F3N5O5.C35H34F3N5O5/c1-7-26(48)43-17-24-34(37(50)51-6)42(13-14-46)35-33(44(24)16-20(43)5)21-15-23(39)28(27-22(38)9-8-10-25(27)47)29(40)32(21)45(36(35)49)31-19(4)11-12-41-30(31)18(2)3;1-8-25(46)42-16-23-33(36(48)49-7)41(6)34-32(43(23)15-19(42)5)20-14-22(38)27(26-21(37)10-9-11-24(26)45)28(39)31(20)44(35(34)47)30-18(4)12-13-40-29(30)17(2)3;1-7-24(45)41-15-22-29(35(47)48-6)40-30-33(42(22)14-18(41)5)19-13-21(37)26(25-20(36)9-8-10-23(25)44)27(38)32(19)43(34(30)46)31-17(4)11-12-39-28(31)16(2)3/h7-12,15,18,20,24,34,46-47H,1,13-14,16-17H2,2-6H3;8-14,17,19,23,33,45H,1,15-16H2,2-7H3;7-13,16,18,22,29,40,44H,1,14-15H2,2-6H3. The van der Waals surface area contributed by atoms with E-state index in [1.807, 2.05) is 41.5 Å². The summed E-state index contributed by atoms with van der Waals surface area (Å²) in [5, 5.41) is 45.0. The third kappa shape index (κ3) is 17.2. The first-order valence-electron chi connectivity index (χ1n) is 47.7. The molecule has 6 aromatic heterocycles. The fraction of sp³-hybridized carbons (Fsp3) is 0.333. The van der Waals surface area contributed by atoms with Gasteiger partial charge >= 0.3 is 17.9 Å². The fourth-order valence-corrected chi connectivity index (χ4v) is 21.8. The molecule has 12 aromatic rings. The van der Waals surface area contributed by atoms with Crippen molar-refractivity contribution in [1.82, 2.24) is 43.4 Å². The van der Waals surface area contributed by atoms with E-state index in [1.165, 1.54) is 72.3 Å². The second-order valence-corrected chi connectivity index (χ2v) is 38.2. The molecule has 5 N–H and O–H groups in total. The number of halogens is 9. The molecule has 148 heavy (non-hydrogen) atoms. The van der Waals surface area contributed by atoms with E-state index in [-0.39, 0.29) is 154 Å². The number of benzene rings is 6. The van der Waals surface area contributed by atoms with E-state index >= 15 is 49.1 Å². The van der Waals surface area contributed by atoms with E-state index in [9.17, 15) is 54.0 Å². The van der Waals surface area contributed by atoms with Crippen LogP contribution in [0.15, 0.2) is 162 Å². The number of β-amino-alcohol motifs (C(OH)–C–C–N with tert-alkyl or cyclic N) is 1. The largest absolute Gasteiger partial charge is 0.507 e. The lowest BCUT2D eigenvalue weighted by Gasteiger charge is -2.54. The molecule has 12 heterocycles. The molecule has 0 spiro atoms. The molecule has 0 aliphatic carbocycles. The van der Waals surface area contributed by atoms with Gasteiger partial charge in [-0.3, -0.25) is 57.4 Å². The molecule has 18 rings (SSSR count). The molecule has 6 aromatic carbocycles. The van der Waals surface area contributed by atoms with Gasteiger partial charge in [0.1, 0.15) is 87.3 Å². The third-order valence-corrected chi connectivity index (χ3v) is 28.5. The highest BCUT2D eigenvalue weighted by Gasteiger charge is 2.55. The number of hydrogen-bond donors (Lipinski definition) is 5. The zero-order valence-electron chi connectivity index (χ0n) is 83.7. The van der Waals surface area contributed by atoms with Crippen LogP contribution in [0.1, 0.15) is 114 Å². The van der Waals surface area contributed by atoms with Gasteiger partial charge in [0.05, 0.1) is 147 Å². The topological polar surface area (TPSA) is 354 Å². The number of fused-ring (bicyclic) bond motifs is 15. The third-order valence-electron chi connectivity index (χ3n) is 28.5. The summed E-state index contributed by atoms with van der Waals surface area (Å²) in [6, 6.07) is 10.2. The highest BCUT2D eigenvalue weighted by molar-refractivity contribution is 6.09. The minimum absolute atomic E-state index is 0.00546. The average Bonchev–Trinajstić information content (AvgIpc) is 0.696. The van der Waals surface area contributed by atoms with Crippen LogP contribution >= 0.6 is 0 Å². The normalized spacial score (nSPS) is 18.7. The molecule has 0 saturated carbocycles. The molecule has 0 bridgehead atoms. The van der Waals surface area contributed by atoms with Gasteiger partial charge in [-0.05, 0) is 167 Å². The molecule has 3 fully saturated rings. The first kappa shape index (κ1) is 105. The maximum absolute atomic E-state index is 17.4. The van der Waals surface area contributed by atoms with Crippen LogP contribution in [0.3, 0.4) is 0 Å². The van der Waals surface area contributed by atoms with Crippen LogP contribution in [0.2, 0.25) is 0 Å². The Bertz CT molecular complexity index is 7710. The number of nitrogens with one attached hydrogen (secondary N) is 1. The monoisotopic (exact) mass is 2040 g/mol. The highest BCUT2D eigenvalue weighted by Crippen LogP contribution is 2.53. The van der Waals surface area contributed by atoms with Gasteiger partial charge in [0, 0.05) is 106 Å². The second-order valence-electron chi connectivity index (χ2n) is 38.2. The lowest BCUT2D eigenvalue weighted by atomic mass is 9.91. The number of anilines is 6. The number of aliphatic hydroxyl groups is 1. The summed E-state index contributed by atoms with van der Waals surface area (Å²) in [5.41, 5.74) is -4.76. The number of aryl methyl sites for hydroxylation is 3. The van der Waals surface area contributed by atoms with E-state index in [1.54, 1.807) is 97.9 Å². The van der Waals surface area contributed by atoms with Gasteiger partial charge in [0.15, 0.2) is 17.5 Å². The van der Waals surface area contributed by atoms with Crippen molar-refractivity contribution in [3.63, 3.8) is 0 Å². The van der Waals surface area contributed by atoms with Crippen LogP contribution in [0.25, 0.3) is 83.2 Å². The summed E-state index contributed by atoms with van der Waals surface area (Å²) < 4.78 is 166. The molecular formula is C108H108F9N15O16.